The van der Waals surface area contributed by atoms with Crippen LogP contribution in [0.3, 0.4) is 0 Å². The summed E-state index contributed by atoms with van der Waals surface area (Å²) in [5, 5.41) is 2.45. The van der Waals surface area contributed by atoms with Crippen molar-refractivity contribution in [3.63, 3.8) is 0 Å². The minimum absolute atomic E-state index is 0.0278. The first-order chi connectivity index (χ1) is 12.1. The highest BCUT2D eigenvalue weighted by Crippen LogP contribution is 2.19. The summed E-state index contributed by atoms with van der Waals surface area (Å²) in [5.41, 5.74) is 0.909. The van der Waals surface area contributed by atoms with Crippen molar-refractivity contribution < 1.29 is 22.4 Å². The first-order valence-corrected chi connectivity index (χ1v) is 9.17. The number of carbonyl (C=O) groups is 2. The fourth-order valence-corrected chi connectivity index (χ4v) is 3.36. The third-order valence-corrected chi connectivity index (χ3v) is 5.74. The first-order valence-electron chi connectivity index (χ1n) is 7.73. The Labute approximate surface area is 151 Å². The Hall–Kier alpha value is -2.58. The highest BCUT2D eigenvalue weighted by molar-refractivity contribution is 7.89. The van der Waals surface area contributed by atoms with Crippen molar-refractivity contribution >= 4 is 21.7 Å². The van der Waals surface area contributed by atoms with Crippen LogP contribution in [0.2, 0.25) is 0 Å². The van der Waals surface area contributed by atoms with Gasteiger partial charge in [0.2, 0.25) is 10.0 Å². The molecule has 1 amide bonds. The number of nitrogens with zero attached hydrogens (tertiary/aromatic N) is 1. The van der Waals surface area contributed by atoms with E-state index >= 15 is 0 Å². The summed E-state index contributed by atoms with van der Waals surface area (Å²) in [6.07, 6.45) is 0. The van der Waals surface area contributed by atoms with Crippen LogP contribution in [0.15, 0.2) is 47.4 Å². The smallest absolute Gasteiger partial charge is 0.251 e. The van der Waals surface area contributed by atoms with Gasteiger partial charge in [0.25, 0.3) is 5.91 Å². The van der Waals surface area contributed by atoms with E-state index in [-0.39, 0.29) is 28.4 Å². The number of Topliss-reactive ketones (excluding diaryl/α,β-unsaturated/α-hetero) is 1. The summed E-state index contributed by atoms with van der Waals surface area (Å²) in [4.78, 5) is 24.3. The van der Waals surface area contributed by atoms with Gasteiger partial charge in [-0.25, -0.2) is 17.1 Å². The van der Waals surface area contributed by atoms with Crippen molar-refractivity contribution in [1.29, 1.82) is 0 Å². The van der Waals surface area contributed by atoms with E-state index < -0.39 is 21.7 Å². The number of hydrogen-bond donors (Lipinski definition) is 1. The summed E-state index contributed by atoms with van der Waals surface area (Å²) >= 11 is 0. The van der Waals surface area contributed by atoms with Gasteiger partial charge in [-0.2, -0.15) is 0 Å². The molecule has 6 nitrogen and oxygen atoms in total. The van der Waals surface area contributed by atoms with Gasteiger partial charge in [-0.15, -0.1) is 0 Å². The summed E-state index contributed by atoms with van der Waals surface area (Å²) in [6, 6.07) is 9.28. The quantitative estimate of drug-likeness (QED) is 0.780. The van der Waals surface area contributed by atoms with E-state index in [2.05, 4.69) is 5.32 Å². The molecule has 0 saturated carbocycles. The molecule has 0 bridgehead atoms. The zero-order valence-corrected chi connectivity index (χ0v) is 15.4. The van der Waals surface area contributed by atoms with Crippen molar-refractivity contribution in [2.75, 3.05) is 20.6 Å². The van der Waals surface area contributed by atoms with Crippen LogP contribution in [0, 0.1) is 12.7 Å². The normalized spacial score (nSPS) is 11.4. The average Bonchev–Trinajstić information content (AvgIpc) is 2.60. The van der Waals surface area contributed by atoms with Gasteiger partial charge in [-0.05, 0) is 48.9 Å². The van der Waals surface area contributed by atoms with E-state index in [1.165, 1.54) is 44.4 Å². The molecule has 2 rings (SSSR count). The highest BCUT2D eigenvalue weighted by Gasteiger charge is 2.21. The molecule has 1 N–H and O–H groups in total. The minimum Gasteiger partial charge on any atom is -0.345 e. The molecule has 2 aromatic carbocycles. The molecule has 0 aliphatic heterocycles. The molecule has 2 aromatic rings. The van der Waals surface area contributed by atoms with Gasteiger partial charge >= 0.3 is 0 Å². The van der Waals surface area contributed by atoms with Gasteiger partial charge in [0.15, 0.2) is 5.78 Å². The molecule has 0 spiro atoms. The van der Waals surface area contributed by atoms with Crippen molar-refractivity contribution in [2.45, 2.75) is 11.8 Å². The van der Waals surface area contributed by atoms with Gasteiger partial charge in [-0.3, -0.25) is 9.59 Å². The SMILES string of the molecule is Cc1ccc(C(=O)NCC(=O)c2ccc(F)cc2)cc1S(=O)(=O)N(C)C. The van der Waals surface area contributed by atoms with E-state index in [4.69, 9.17) is 0 Å². The molecule has 0 aromatic heterocycles. The molecule has 0 aliphatic rings. The third-order valence-electron chi connectivity index (χ3n) is 3.78. The van der Waals surface area contributed by atoms with Crippen LogP contribution in [-0.4, -0.2) is 45.1 Å². The van der Waals surface area contributed by atoms with Crippen LogP contribution >= 0.6 is 0 Å². The topological polar surface area (TPSA) is 83.5 Å². The number of rotatable bonds is 6. The number of halogens is 1. The second-order valence-electron chi connectivity index (χ2n) is 5.88. The number of amides is 1. The predicted octanol–water partition coefficient (Wildman–Crippen LogP) is 2.00. The lowest BCUT2D eigenvalue weighted by molar-refractivity contribution is 0.0904. The number of carbonyl (C=O) groups excluding carboxylic acids is 2. The molecular weight excluding hydrogens is 359 g/mol. The Morgan fingerprint density at radius 2 is 1.62 bits per heavy atom. The van der Waals surface area contributed by atoms with Crippen molar-refractivity contribution in [3.8, 4) is 0 Å². The van der Waals surface area contributed by atoms with Crippen LogP contribution < -0.4 is 5.32 Å². The van der Waals surface area contributed by atoms with Crippen molar-refractivity contribution in [3.05, 3.63) is 65.0 Å². The standard InChI is InChI=1S/C18H19FN2O4S/c1-12-4-5-14(10-17(12)26(24,25)21(2)3)18(23)20-11-16(22)13-6-8-15(19)9-7-13/h4-10H,11H2,1-3H3,(H,20,23). The van der Waals surface area contributed by atoms with Gasteiger partial charge in [0, 0.05) is 25.2 Å². The zero-order chi connectivity index (χ0) is 19.5. The molecule has 0 heterocycles. The number of hydrogen-bond acceptors (Lipinski definition) is 4. The first kappa shape index (κ1) is 19.7. The largest absolute Gasteiger partial charge is 0.345 e. The lowest BCUT2D eigenvalue weighted by Gasteiger charge is -2.14. The molecule has 8 heteroatoms. The number of ketones is 1. The van der Waals surface area contributed by atoms with Crippen LogP contribution in [0.4, 0.5) is 4.39 Å². The fourth-order valence-electron chi connectivity index (χ4n) is 2.22. The van der Waals surface area contributed by atoms with Gasteiger partial charge in [-0.1, -0.05) is 6.07 Å². The molecule has 0 aliphatic carbocycles. The zero-order valence-electron chi connectivity index (χ0n) is 14.6. The van der Waals surface area contributed by atoms with Crippen LogP contribution in [0.5, 0.6) is 0 Å². The monoisotopic (exact) mass is 378 g/mol. The Balaban J connectivity index is 2.15. The van der Waals surface area contributed by atoms with Crippen LogP contribution in [0.1, 0.15) is 26.3 Å². The molecule has 0 fully saturated rings. The van der Waals surface area contributed by atoms with Crippen LogP contribution in [-0.2, 0) is 10.0 Å². The molecule has 26 heavy (non-hydrogen) atoms. The molecule has 138 valence electrons. The summed E-state index contributed by atoms with van der Waals surface area (Å²) in [7, 11) is -0.880. The Bertz CT molecular complexity index is 938. The van der Waals surface area contributed by atoms with Gasteiger partial charge in [0.1, 0.15) is 5.82 Å². The Morgan fingerprint density at radius 3 is 2.19 bits per heavy atom. The van der Waals surface area contributed by atoms with Crippen LogP contribution in [0.25, 0.3) is 0 Å². The number of benzene rings is 2. The van der Waals surface area contributed by atoms with Gasteiger partial charge in [0.05, 0.1) is 11.4 Å². The van der Waals surface area contributed by atoms with E-state index in [1.54, 1.807) is 6.92 Å². The summed E-state index contributed by atoms with van der Waals surface area (Å²) in [5.74, 6) is -1.41. The Morgan fingerprint density at radius 1 is 1.04 bits per heavy atom. The summed E-state index contributed by atoms with van der Waals surface area (Å²) < 4.78 is 38.6. The fraction of sp³-hybridized carbons (Fsp3) is 0.222. The van der Waals surface area contributed by atoms with E-state index in [1.807, 2.05) is 0 Å². The maximum atomic E-state index is 12.9. The van der Waals surface area contributed by atoms with E-state index in [0.29, 0.717) is 5.56 Å². The van der Waals surface area contributed by atoms with Crippen molar-refractivity contribution in [1.82, 2.24) is 9.62 Å². The molecular formula is C18H19FN2O4S. The number of aryl methyl sites for hydroxylation is 1. The van der Waals surface area contributed by atoms with Crippen molar-refractivity contribution in [2.24, 2.45) is 0 Å². The Kier molecular flexibility index (Phi) is 5.89. The second kappa shape index (κ2) is 7.76. The summed E-state index contributed by atoms with van der Waals surface area (Å²) in [6.45, 7) is 1.35. The molecule has 0 unspecified atom stereocenters. The van der Waals surface area contributed by atoms with Gasteiger partial charge < -0.3 is 5.32 Å². The third kappa shape index (κ3) is 4.33. The molecule has 0 radical (unpaired) electrons. The highest BCUT2D eigenvalue weighted by atomic mass is 32.2. The molecule has 0 atom stereocenters. The lowest BCUT2D eigenvalue weighted by Crippen LogP contribution is -2.30. The second-order valence-corrected chi connectivity index (χ2v) is 8.00. The maximum absolute atomic E-state index is 12.9. The van der Waals surface area contributed by atoms with E-state index in [0.717, 1.165) is 16.4 Å². The number of sulfonamides is 1. The molecule has 0 saturated heterocycles. The maximum Gasteiger partial charge on any atom is 0.251 e. The lowest BCUT2D eigenvalue weighted by atomic mass is 10.1. The minimum atomic E-state index is -3.69. The predicted molar refractivity (Wildman–Crippen MR) is 95.1 cm³/mol. The average molecular weight is 378 g/mol. The van der Waals surface area contributed by atoms with E-state index in [9.17, 15) is 22.4 Å². The number of nitrogens with one attached hydrogen (secondary N) is 1.